The number of carbonyl (C=O) groups excluding carboxylic acids is 1. The SMILES string of the molecule is NS(=O)(=O)c1ccc(CCNC(=O)NC[C@H]2CCCO2)cc1. The molecule has 1 atom stereocenters. The number of rotatable bonds is 6. The van der Waals surface area contributed by atoms with Crippen LogP contribution in [0.2, 0.25) is 0 Å². The number of benzene rings is 1. The molecule has 1 aromatic rings. The van der Waals surface area contributed by atoms with Crippen molar-refractivity contribution in [3.63, 3.8) is 0 Å². The van der Waals surface area contributed by atoms with Crippen LogP contribution in [0, 0.1) is 0 Å². The van der Waals surface area contributed by atoms with Crippen molar-refractivity contribution in [1.82, 2.24) is 10.6 Å². The number of nitrogens with one attached hydrogen (secondary N) is 2. The molecule has 122 valence electrons. The van der Waals surface area contributed by atoms with Crippen molar-refractivity contribution in [2.75, 3.05) is 19.7 Å². The van der Waals surface area contributed by atoms with Gasteiger partial charge in [0.2, 0.25) is 10.0 Å². The number of nitrogens with two attached hydrogens (primary N) is 1. The van der Waals surface area contributed by atoms with Crippen LogP contribution in [0.3, 0.4) is 0 Å². The van der Waals surface area contributed by atoms with E-state index in [2.05, 4.69) is 10.6 Å². The molecule has 2 amide bonds. The Morgan fingerprint density at radius 1 is 1.27 bits per heavy atom. The molecule has 0 unspecified atom stereocenters. The highest BCUT2D eigenvalue weighted by molar-refractivity contribution is 7.89. The summed E-state index contributed by atoms with van der Waals surface area (Å²) in [7, 11) is -3.66. The molecule has 1 aliphatic rings. The highest BCUT2D eigenvalue weighted by atomic mass is 32.2. The molecular formula is C14H21N3O4S. The van der Waals surface area contributed by atoms with Gasteiger partial charge in [-0.3, -0.25) is 0 Å². The van der Waals surface area contributed by atoms with Crippen LogP contribution in [0.15, 0.2) is 29.2 Å². The molecule has 22 heavy (non-hydrogen) atoms. The number of carbonyl (C=O) groups is 1. The third-order valence-corrected chi connectivity index (χ3v) is 4.39. The standard InChI is InChI=1S/C14H21N3O4S/c15-22(19,20)13-5-3-11(4-6-13)7-8-16-14(18)17-10-12-2-1-9-21-12/h3-6,12H,1-2,7-10H2,(H2,15,19,20)(H2,16,17,18)/t12-/m1/s1. The molecule has 7 nitrogen and oxygen atoms in total. The van der Waals surface area contributed by atoms with Crippen molar-refractivity contribution in [3.8, 4) is 0 Å². The van der Waals surface area contributed by atoms with E-state index in [0.29, 0.717) is 19.5 Å². The Morgan fingerprint density at radius 3 is 2.59 bits per heavy atom. The Bertz CT molecular complexity index is 595. The fraction of sp³-hybridized carbons (Fsp3) is 0.500. The molecule has 0 saturated carbocycles. The van der Waals surface area contributed by atoms with E-state index in [4.69, 9.17) is 9.88 Å². The largest absolute Gasteiger partial charge is 0.376 e. The second-order valence-electron chi connectivity index (χ2n) is 5.21. The van der Waals surface area contributed by atoms with Crippen LogP contribution in [0.5, 0.6) is 0 Å². The molecule has 1 saturated heterocycles. The second kappa shape index (κ2) is 7.57. The summed E-state index contributed by atoms with van der Waals surface area (Å²) in [5.41, 5.74) is 0.923. The van der Waals surface area contributed by atoms with Crippen molar-refractivity contribution >= 4 is 16.1 Å². The average Bonchev–Trinajstić information content (AvgIpc) is 2.98. The summed E-state index contributed by atoms with van der Waals surface area (Å²) in [6, 6.07) is 6.07. The Morgan fingerprint density at radius 2 is 2.00 bits per heavy atom. The van der Waals surface area contributed by atoms with E-state index in [1.807, 2.05) is 0 Å². The van der Waals surface area contributed by atoms with Crippen LogP contribution in [-0.2, 0) is 21.2 Å². The molecule has 0 aliphatic carbocycles. The van der Waals surface area contributed by atoms with Crippen LogP contribution >= 0.6 is 0 Å². The first-order valence-electron chi connectivity index (χ1n) is 7.20. The second-order valence-corrected chi connectivity index (χ2v) is 6.77. The maximum atomic E-state index is 11.6. The van der Waals surface area contributed by atoms with Gasteiger partial charge in [-0.1, -0.05) is 12.1 Å². The van der Waals surface area contributed by atoms with Gasteiger partial charge in [0.15, 0.2) is 0 Å². The normalized spacial score (nSPS) is 18.1. The van der Waals surface area contributed by atoms with Gasteiger partial charge in [-0.05, 0) is 37.0 Å². The minimum atomic E-state index is -3.66. The number of hydrogen-bond donors (Lipinski definition) is 3. The molecule has 1 fully saturated rings. The lowest BCUT2D eigenvalue weighted by Gasteiger charge is -2.11. The van der Waals surface area contributed by atoms with Crippen LogP contribution < -0.4 is 15.8 Å². The van der Waals surface area contributed by atoms with Gasteiger partial charge < -0.3 is 15.4 Å². The summed E-state index contributed by atoms with van der Waals surface area (Å²) < 4.78 is 27.7. The molecule has 4 N–H and O–H groups in total. The molecular weight excluding hydrogens is 306 g/mol. The maximum Gasteiger partial charge on any atom is 0.314 e. The predicted octanol–water partition coefficient (Wildman–Crippen LogP) is 0.355. The highest BCUT2D eigenvalue weighted by Gasteiger charge is 2.15. The maximum absolute atomic E-state index is 11.6. The van der Waals surface area contributed by atoms with E-state index < -0.39 is 10.0 Å². The Hall–Kier alpha value is -1.64. The Balaban J connectivity index is 1.68. The first-order valence-corrected chi connectivity index (χ1v) is 8.75. The van der Waals surface area contributed by atoms with Gasteiger partial charge in [0.05, 0.1) is 11.0 Å². The van der Waals surface area contributed by atoms with Crippen LogP contribution in [-0.4, -0.2) is 40.2 Å². The zero-order valence-electron chi connectivity index (χ0n) is 12.2. The molecule has 0 bridgehead atoms. The molecule has 8 heteroatoms. The van der Waals surface area contributed by atoms with E-state index in [9.17, 15) is 13.2 Å². The number of sulfonamides is 1. The minimum Gasteiger partial charge on any atom is -0.376 e. The van der Waals surface area contributed by atoms with Crippen LogP contribution in [0.4, 0.5) is 4.79 Å². The monoisotopic (exact) mass is 327 g/mol. The molecule has 2 rings (SSSR count). The van der Waals surface area contributed by atoms with Crippen molar-refractivity contribution in [2.45, 2.75) is 30.3 Å². The zero-order valence-corrected chi connectivity index (χ0v) is 13.1. The first-order chi connectivity index (χ1) is 10.4. The molecule has 0 spiro atoms. The number of primary sulfonamides is 1. The van der Waals surface area contributed by atoms with Gasteiger partial charge in [0.1, 0.15) is 0 Å². The molecule has 0 radical (unpaired) electrons. The van der Waals surface area contributed by atoms with E-state index in [1.165, 1.54) is 12.1 Å². The highest BCUT2D eigenvalue weighted by Crippen LogP contribution is 2.10. The molecule has 1 aromatic carbocycles. The number of urea groups is 1. The Labute approximate surface area is 130 Å². The summed E-state index contributed by atoms with van der Waals surface area (Å²) in [4.78, 5) is 11.7. The third kappa shape index (κ3) is 5.28. The molecule has 1 heterocycles. The smallest absolute Gasteiger partial charge is 0.314 e. The third-order valence-electron chi connectivity index (χ3n) is 3.47. The average molecular weight is 327 g/mol. The molecule has 1 aliphatic heterocycles. The van der Waals surface area contributed by atoms with E-state index in [0.717, 1.165) is 25.0 Å². The quantitative estimate of drug-likeness (QED) is 0.700. The van der Waals surface area contributed by atoms with Crippen molar-refractivity contribution < 1.29 is 17.9 Å². The zero-order chi connectivity index (χ0) is 16.0. The fourth-order valence-corrected chi connectivity index (χ4v) is 2.76. The van der Waals surface area contributed by atoms with Gasteiger partial charge in [-0.25, -0.2) is 18.4 Å². The summed E-state index contributed by atoms with van der Waals surface area (Å²) in [5, 5.41) is 10.5. The number of amides is 2. The lowest BCUT2D eigenvalue weighted by molar-refractivity contribution is 0.111. The van der Waals surface area contributed by atoms with E-state index in [1.54, 1.807) is 12.1 Å². The summed E-state index contributed by atoms with van der Waals surface area (Å²) >= 11 is 0. The van der Waals surface area contributed by atoms with E-state index in [-0.39, 0.29) is 17.0 Å². The van der Waals surface area contributed by atoms with Gasteiger partial charge in [0, 0.05) is 19.7 Å². The van der Waals surface area contributed by atoms with Crippen LogP contribution in [0.25, 0.3) is 0 Å². The van der Waals surface area contributed by atoms with Gasteiger partial charge in [-0.15, -0.1) is 0 Å². The van der Waals surface area contributed by atoms with Gasteiger partial charge >= 0.3 is 6.03 Å². The topological polar surface area (TPSA) is 111 Å². The Kier molecular flexibility index (Phi) is 5.76. The lowest BCUT2D eigenvalue weighted by atomic mass is 10.1. The lowest BCUT2D eigenvalue weighted by Crippen LogP contribution is -2.40. The van der Waals surface area contributed by atoms with Gasteiger partial charge in [-0.2, -0.15) is 0 Å². The summed E-state index contributed by atoms with van der Waals surface area (Å²) in [6.07, 6.45) is 2.76. The van der Waals surface area contributed by atoms with Crippen molar-refractivity contribution in [2.24, 2.45) is 5.14 Å². The summed E-state index contributed by atoms with van der Waals surface area (Å²) in [5.74, 6) is 0. The molecule has 0 aromatic heterocycles. The van der Waals surface area contributed by atoms with Crippen molar-refractivity contribution in [1.29, 1.82) is 0 Å². The van der Waals surface area contributed by atoms with E-state index >= 15 is 0 Å². The minimum absolute atomic E-state index is 0.0820. The number of hydrogen-bond acceptors (Lipinski definition) is 4. The summed E-state index contributed by atoms with van der Waals surface area (Å²) in [6.45, 7) is 1.75. The van der Waals surface area contributed by atoms with Gasteiger partial charge in [0.25, 0.3) is 0 Å². The fourth-order valence-electron chi connectivity index (χ4n) is 2.24. The number of ether oxygens (including phenoxy) is 1. The van der Waals surface area contributed by atoms with Crippen LogP contribution in [0.1, 0.15) is 18.4 Å². The first kappa shape index (κ1) is 16.7. The predicted molar refractivity (Wildman–Crippen MR) is 81.9 cm³/mol. The van der Waals surface area contributed by atoms with Crippen molar-refractivity contribution in [3.05, 3.63) is 29.8 Å².